The van der Waals surface area contributed by atoms with Crippen molar-refractivity contribution in [3.63, 3.8) is 0 Å². The molecule has 2 aromatic rings. The second kappa shape index (κ2) is 10.8. The van der Waals surface area contributed by atoms with Crippen molar-refractivity contribution in [2.75, 3.05) is 45.1 Å². The lowest BCUT2D eigenvalue weighted by Crippen LogP contribution is -2.49. The van der Waals surface area contributed by atoms with Crippen LogP contribution >= 0.6 is 0 Å². The van der Waals surface area contributed by atoms with Crippen molar-refractivity contribution in [1.29, 1.82) is 0 Å². The first-order chi connectivity index (χ1) is 17.8. The molecule has 1 saturated heterocycles. The minimum Gasteiger partial charge on any atom is -0.463 e. The number of β-amino-alcohol motifs (C(OH)–C–C–N with tert-alkyl or cyclic N) is 1. The van der Waals surface area contributed by atoms with Crippen molar-refractivity contribution < 1.29 is 14.6 Å². The molecule has 1 saturated carbocycles. The molecule has 2 aliphatic heterocycles. The fourth-order valence-electron chi connectivity index (χ4n) is 5.86. The van der Waals surface area contributed by atoms with Crippen molar-refractivity contribution in [2.45, 2.75) is 57.5 Å². The highest BCUT2D eigenvalue weighted by molar-refractivity contribution is 6.09. The quantitative estimate of drug-likeness (QED) is 0.618. The number of fused-ring (bicyclic) bond motifs is 1. The first kappa shape index (κ1) is 25.6. The molecule has 3 heterocycles. The van der Waals surface area contributed by atoms with E-state index in [1.165, 1.54) is 11.9 Å². The lowest BCUT2D eigenvalue weighted by molar-refractivity contribution is -0.134. The van der Waals surface area contributed by atoms with Gasteiger partial charge < -0.3 is 20.5 Å². The SMILES string of the molecule is CC1(C)Oc2ncnc(N)c2N=C1c1ccc(C2CCC(CC(=O)N3CCN(CCO)CC3)CC2)cc1. The highest BCUT2D eigenvalue weighted by atomic mass is 16.5. The number of carbonyl (C=O) groups excluding carboxylic acids is 1. The molecular weight excluding hydrogens is 468 g/mol. The summed E-state index contributed by atoms with van der Waals surface area (Å²) in [6.07, 6.45) is 6.45. The number of hydrogen-bond donors (Lipinski definition) is 2. The second-order valence-electron chi connectivity index (χ2n) is 11.0. The maximum Gasteiger partial charge on any atom is 0.246 e. The van der Waals surface area contributed by atoms with Crippen LogP contribution in [0.25, 0.3) is 0 Å². The number of aliphatic hydroxyl groups is 1. The van der Waals surface area contributed by atoms with Crippen molar-refractivity contribution in [1.82, 2.24) is 19.8 Å². The van der Waals surface area contributed by atoms with Crippen molar-refractivity contribution in [2.24, 2.45) is 10.9 Å². The molecule has 3 aliphatic rings. The Bertz CT molecular complexity index is 1130. The van der Waals surface area contributed by atoms with Gasteiger partial charge in [-0.15, -0.1) is 0 Å². The average Bonchev–Trinajstić information content (AvgIpc) is 2.89. The van der Waals surface area contributed by atoms with E-state index in [0.717, 1.165) is 63.1 Å². The molecule has 0 radical (unpaired) electrons. The van der Waals surface area contributed by atoms with E-state index in [1.807, 2.05) is 18.7 Å². The summed E-state index contributed by atoms with van der Waals surface area (Å²) < 4.78 is 6.11. The fourth-order valence-corrected chi connectivity index (χ4v) is 5.86. The third kappa shape index (κ3) is 5.62. The van der Waals surface area contributed by atoms with Gasteiger partial charge in [0.1, 0.15) is 11.9 Å². The molecule has 9 nitrogen and oxygen atoms in total. The molecule has 3 N–H and O–H groups in total. The number of nitrogen functional groups attached to an aromatic ring is 1. The van der Waals surface area contributed by atoms with Gasteiger partial charge in [-0.25, -0.2) is 9.98 Å². The summed E-state index contributed by atoms with van der Waals surface area (Å²) in [5.74, 6) is 2.01. The highest BCUT2D eigenvalue weighted by Gasteiger charge is 2.35. The lowest BCUT2D eigenvalue weighted by Gasteiger charge is -2.36. The molecule has 1 aromatic carbocycles. The Morgan fingerprint density at radius 3 is 2.46 bits per heavy atom. The van der Waals surface area contributed by atoms with Crippen LogP contribution in [0.4, 0.5) is 11.5 Å². The van der Waals surface area contributed by atoms with E-state index in [4.69, 9.17) is 20.6 Å². The number of nitrogens with two attached hydrogens (primary N) is 1. The number of anilines is 1. The van der Waals surface area contributed by atoms with Gasteiger partial charge in [0.25, 0.3) is 0 Å². The number of amides is 1. The molecule has 0 atom stereocenters. The molecular formula is C28H38N6O3. The molecule has 5 rings (SSSR count). The molecule has 2 fully saturated rings. The summed E-state index contributed by atoms with van der Waals surface area (Å²) in [5, 5.41) is 9.11. The molecule has 1 aliphatic carbocycles. The lowest BCUT2D eigenvalue weighted by atomic mass is 9.77. The first-order valence-corrected chi connectivity index (χ1v) is 13.4. The normalized spacial score (nSPS) is 23.6. The zero-order chi connectivity index (χ0) is 26.0. The van der Waals surface area contributed by atoms with Crippen LogP contribution in [0.5, 0.6) is 5.88 Å². The average molecular weight is 507 g/mol. The summed E-state index contributed by atoms with van der Waals surface area (Å²) >= 11 is 0. The van der Waals surface area contributed by atoms with E-state index in [0.29, 0.717) is 48.1 Å². The maximum absolute atomic E-state index is 12.8. The first-order valence-electron chi connectivity index (χ1n) is 13.4. The summed E-state index contributed by atoms with van der Waals surface area (Å²) in [6.45, 7) is 8.12. The predicted octanol–water partition coefficient (Wildman–Crippen LogP) is 3.15. The minimum absolute atomic E-state index is 0.181. The van der Waals surface area contributed by atoms with E-state index in [2.05, 4.69) is 39.1 Å². The second-order valence-corrected chi connectivity index (χ2v) is 11.0. The van der Waals surface area contributed by atoms with Crippen molar-refractivity contribution in [3.8, 4) is 5.88 Å². The van der Waals surface area contributed by atoms with Gasteiger partial charge in [-0.2, -0.15) is 4.98 Å². The monoisotopic (exact) mass is 506 g/mol. The number of benzene rings is 1. The largest absolute Gasteiger partial charge is 0.463 e. The van der Waals surface area contributed by atoms with Gasteiger partial charge in [0, 0.05) is 44.7 Å². The van der Waals surface area contributed by atoms with Gasteiger partial charge in [-0.3, -0.25) is 9.69 Å². The van der Waals surface area contributed by atoms with Gasteiger partial charge in [-0.05, 0) is 56.9 Å². The third-order valence-corrected chi connectivity index (χ3v) is 8.07. The number of hydrogen-bond acceptors (Lipinski definition) is 8. The molecule has 1 amide bonds. The molecule has 0 unspecified atom stereocenters. The van der Waals surface area contributed by atoms with Crippen LogP contribution in [0.3, 0.4) is 0 Å². The van der Waals surface area contributed by atoms with E-state index in [1.54, 1.807) is 0 Å². The van der Waals surface area contributed by atoms with E-state index >= 15 is 0 Å². The Balaban J connectivity index is 1.17. The van der Waals surface area contributed by atoms with Gasteiger partial charge in [0.15, 0.2) is 11.5 Å². The number of carbonyl (C=O) groups is 1. The van der Waals surface area contributed by atoms with Crippen LogP contribution in [0, 0.1) is 5.92 Å². The molecule has 37 heavy (non-hydrogen) atoms. The maximum atomic E-state index is 12.8. The number of aliphatic hydroxyl groups excluding tert-OH is 1. The highest BCUT2D eigenvalue weighted by Crippen LogP contribution is 2.40. The zero-order valence-electron chi connectivity index (χ0n) is 21.9. The van der Waals surface area contributed by atoms with Gasteiger partial charge in [-0.1, -0.05) is 24.3 Å². The van der Waals surface area contributed by atoms with Gasteiger partial charge >= 0.3 is 0 Å². The van der Waals surface area contributed by atoms with Crippen LogP contribution in [-0.2, 0) is 4.79 Å². The van der Waals surface area contributed by atoms with Crippen LogP contribution in [-0.4, -0.2) is 81.4 Å². The molecule has 0 spiro atoms. The smallest absolute Gasteiger partial charge is 0.246 e. The van der Waals surface area contributed by atoms with Gasteiger partial charge in [0.2, 0.25) is 11.8 Å². The molecule has 0 bridgehead atoms. The number of rotatable bonds is 6. The van der Waals surface area contributed by atoms with E-state index in [-0.39, 0.29) is 6.61 Å². The number of ether oxygens (including phenoxy) is 1. The molecule has 198 valence electrons. The Morgan fingerprint density at radius 2 is 1.78 bits per heavy atom. The Labute approximate surface area is 218 Å². The van der Waals surface area contributed by atoms with Crippen LogP contribution in [0.1, 0.15) is 63.0 Å². The van der Waals surface area contributed by atoms with E-state index in [9.17, 15) is 4.79 Å². The zero-order valence-corrected chi connectivity index (χ0v) is 21.9. The minimum atomic E-state index is -0.634. The predicted molar refractivity (Wildman–Crippen MR) is 143 cm³/mol. The Kier molecular flexibility index (Phi) is 7.44. The van der Waals surface area contributed by atoms with Crippen molar-refractivity contribution >= 4 is 23.1 Å². The third-order valence-electron chi connectivity index (χ3n) is 8.07. The summed E-state index contributed by atoms with van der Waals surface area (Å²) in [7, 11) is 0. The molecule has 9 heteroatoms. The van der Waals surface area contributed by atoms with E-state index < -0.39 is 5.60 Å². The topological polar surface area (TPSA) is 117 Å². The van der Waals surface area contributed by atoms with Crippen molar-refractivity contribution in [3.05, 3.63) is 41.7 Å². The standard InChI is InChI=1S/C28H38N6O3/c1-28(2)25(32-24-26(29)30-18-31-27(24)37-28)22-9-7-21(8-10-22)20-5-3-19(4-6-20)17-23(36)34-13-11-33(12-14-34)15-16-35/h7-10,18-20,35H,3-6,11-17H2,1-2H3,(H2,29,30,31). The Hall–Kier alpha value is -3.04. The summed E-state index contributed by atoms with van der Waals surface area (Å²) in [4.78, 5) is 30.1. The van der Waals surface area contributed by atoms with Crippen LogP contribution < -0.4 is 10.5 Å². The fraction of sp³-hybridized carbons (Fsp3) is 0.571. The number of aliphatic imine (C=N–C) groups is 1. The summed E-state index contributed by atoms with van der Waals surface area (Å²) in [6, 6.07) is 8.65. The van der Waals surface area contributed by atoms with Crippen LogP contribution in [0.15, 0.2) is 35.6 Å². The van der Waals surface area contributed by atoms with Gasteiger partial charge in [0.05, 0.1) is 12.3 Å². The molecule has 1 aromatic heterocycles. The summed E-state index contributed by atoms with van der Waals surface area (Å²) in [5.41, 5.74) is 9.03. The number of nitrogens with zero attached hydrogens (tertiary/aromatic N) is 5. The number of piperazine rings is 1. The number of aromatic nitrogens is 2. The van der Waals surface area contributed by atoms with Crippen LogP contribution in [0.2, 0.25) is 0 Å². The Morgan fingerprint density at radius 1 is 1.08 bits per heavy atom.